The molecule has 0 atom stereocenters. The molecule has 2 aromatic rings. The standard InChI is InChI=1S/C24H29F3N2O/c1-3-23(4-2)19-9-10-20(17-7-5-8-18(21(17)19)22(23)30)29-13-6-12-28(15-16-29)14-11-24(25,26)27/h5,7-10H,3-4,6,11-16H2,1-2H3. The Morgan fingerprint density at radius 2 is 1.77 bits per heavy atom. The quantitative estimate of drug-likeness (QED) is 0.635. The fraction of sp³-hybridized carbons (Fsp3) is 0.542. The topological polar surface area (TPSA) is 23.6 Å². The van der Waals surface area contributed by atoms with Crippen LogP contribution in [-0.2, 0) is 5.41 Å². The normalized spacial score (nSPS) is 19.5. The molecule has 1 fully saturated rings. The first-order valence-electron chi connectivity index (χ1n) is 11.0. The van der Waals surface area contributed by atoms with E-state index in [0.29, 0.717) is 19.6 Å². The van der Waals surface area contributed by atoms with Crippen molar-refractivity contribution in [2.24, 2.45) is 0 Å². The Bertz CT molecular complexity index is 949. The number of Topliss-reactive ketones (excluding diaryl/α,β-unsaturated/α-hetero) is 1. The molecular formula is C24H29F3N2O. The molecule has 3 nitrogen and oxygen atoms in total. The minimum atomic E-state index is -4.11. The number of hydrogen-bond donors (Lipinski definition) is 0. The average molecular weight is 419 g/mol. The van der Waals surface area contributed by atoms with Crippen LogP contribution in [0.5, 0.6) is 0 Å². The van der Waals surface area contributed by atoms with Gasteiger partial charge in [0.05, 0.1) is 11.8 Å². The van der Waals surface area contributed by atoms with Crippen LogP contribution in [0.2, 0.25) is 0 Å². The van der Waals surface area contributed by atoms with E-state index < -0.39 is 18.0 Å². The fourth-order valence-corrected chi connectivity index (χ4v) is 5.31. The van der Waals surface area contributed by atoms with Crippen molar-refractivity contribution < 1.29 is 18.0 Å². The number of benzene rings is 2. The monoisotopic (exact) mass is 418 g/mol. The van der Waals surface area contributed by atoms with Crippen molar-refractivity contribution in [1.82, 2.24) is 4.90 Å². The lowest BCUT2D eigenvalue weighted by Crippen LogP contribution is -2.33. The molecule has 2 aromatic carbocycles. The van der Waals surface area contributed by atoms with Gasteiger partial charge in [0.1, 0.15) is 0 Å². The SMILES string of the molecule is CCC1(CC)C(=O)c2cccc3c(N4CCCN(CCC(F)(F)F)CC4)ccc1c23. The number of carbonyl (C=O) groups is 1. The highest BCUT2D eigenvalue weighted by molar-refractivity contribution is 6.22. The van der Waals surface area contributed by atoms with Gasteiger partial charge < -0.3 is 9.80 Å². The number of nitrogens with zero attached hydrogens (tertiary/aromatic N) is 2. The molecule has 1 heterocycles. The highest BCUT2D eigenvalue weighted by Gasteiger charge is 2.44. The lowest BCUT2D eigenvalue weighted by molar-refractivity contribution is -0.137. The average Bonchev–Trinajstić information content (AvgIpc) is 2.87. The Hall–Kier alpha value is -2.08. The summed E-state index contributed by atoms with van der Waals surface area (Å²) in [4.78, 5) is 17.5. The molecule has 0 unspecified atom stereocenters. The van der Waals surface area contributed by atoms with E-state index in [1.165, 1.54) is 0 Å². The molecule has 0 amide bonds. The summed E-state index contributed by atoms with van der Waals surface area (Å²) in [5.41, 5.74) is 2.60. The van der Waals surface area contributed by atoms with Crippen LogP contribution in [0.3, 0.4) is 0 Å². The third-order valence-corrected chi connectivity index (χ3v) is 7.06. The van der Waals surface area contributed by atoms with Crippen LogP contribution >= 0.6 is 0 Å². The van der Waals surface area contributed by atoms with Gasteiger partial charge in [-0.15, -0.1) is 0 Å². The summed E-state index contributed by atoms with van der Waals surface area (Å²) in [5, 5.41) is 2.16. The van der Waals surface area contributed by atoms with Gasteiger partial charge in [-0.2, -0.15) is 13.2 Å². The number of halogens is 3. The van der Waals surface area contributed by atoms with Gasteiger partial charge in [0, 0.05) is 42.8 Å². The van der Waals surface area contributed by atoms with Gasteiger partial charge >= 0.3 is 6.18 Å². The molecular weight excluding hydrogens is 389 g/mol. The van der Waals surface area contributed by atoms with Gasteiger partial charge in [-0.1, -0.05) is 38.1 Å². The van der Waals surface area contributed by atoms with Gasteiger partial charge in [0.15, 0.2) is 5.78 Å². The van der Waals surface area contributed by atoms with Crippen molar-refractivity contribution in [1.29, 1.82) is 0 Å². The summed E-state index contributed by atoms with van der Waals surface area (Å²) in [6.07, 6.45) is -2.48. The third kappa shape index (κ3) is 3.49. The number of rotatable bonds is 5. The molecule has 6 heteroatoms. The second-order valence-electron chi connectivity index (χ2n) is 8.53. The maximum Gasteiger partial charge on any atom is 0.390 e. The zero-order valence-electron chi connectivity index (χ0n) is 17.7. The Morgan fingerprint density at radius 1 is 1.00 bits per heavy atom. The van der Waals surface area contributed by atoms with E-state index in [2.05, 4.69) is 36.9 Å². The summed E-state index contributed by atoms with van der Waals surface area (Å²) < 4.78 is 37.8. The number of alkyl halides is 3. The molecule has 1 aliphatic carbocycles. The molecule has 1 saturated heterocycles. The van der Waals surface area contributed by atoms with Crippen molar-refractivity contribution in [2.75, 3.05) is 37.6 Å². The highest BCUT2D eigenvalue weighted by atomic mass is 19.4. The van der Waals surface area contributed by atoms with Crippen molar-refractivity contribution >= 4 is 22.2 Å². The van der Waals surface area contributed by atoms with E-state index in [-0.39, 0.29) is 12.3 Å². The van der Waals surface area contributed by atoms with E-state index in [1.807, 2.05) is 17.0 Å². The molecule has 0 saturated carbocycles. The van der Waals surface area contributed by atoms with E-state index in [1.54, 1.807) is 0 Å². The van der Waals surface area contributed by atoms with Crippen LogP contribution in [0.1, 0.15) is 55.5 Å². The lowest BCUT2D eigenvalue weighted by atomic mass is 9.75. The minimum Gasteiger partial charge on any atom is -0.370 e. The van der Waals surface area contributed by atoms with E-state index in [9.17, 15) is 18.0 Å². The Morgan fingerprint density at radius 3 is 2.47 bits per heavy atom. The van der Waals surface area contributed by atoms with Crippen LogP contribution in [0.15, 0.2) is 30.3 Å². The molecule has 0 radical (unpaired) electrons. The smallest absolute Gasteiger partial charge is 0.370 e. The predicted molar refractivity (Wildman–Crippen MR) is 114 cm³/mol. The largest absolute Gasteiger partial charge is 0.390 e. The Labute approximate surface area is 175 Å². The lowest BCUT2D eigenvalue weighted by Gasteiger charge is -2.28. The van der Waals surface area contributed by atoms with Crippen molar-refractivity contribution in [3.05, 3.63) is 41.5 Å². The molecule has 0 bridgehead atoms. The van der Waals surface area contributed by atoms with E-state index >= 15 is 0 Å². The maximum atomic E-state index is 13.3. The summed E-state index contributed by atoms with van der Waals surface area (Å²) in [7, 11) is 0. The van der Waals surface area contributed by atoms with Crippen molar-refractivity contribution in [3.63, 3.8) is 0 Å². The summed E-state index contributed by atoms with van der Waals surface area (Å²) in [5.74, 6) is 0.222. The number of anilines is 1. The number of carbonyl (C=O) groups excluding carboxylic acids is 1. The van der Waals surface area contributed by atoms with Gasteiger partial charge in [-0.3, -0.25) is 4.79 Å². The van der Waals surface area contributed by atoms with E-state index in [0.717, 1.165) is 53.4 Å². The molecule has 2 aliphatic rings. The Balaban J connectivity index is 1.64. The number of ketones is 1. The Kier molecular flexibility index (Phi) is 5.56. The first kappa shape index (κ1) is 21.2. The molecule has 1 aliphatic heterocycles. The highest BCUT2D eigenvalue weighted by Crippen LogP contribution is 2.48. The molecule has 4 rings (SSSR count). The molecule has 30 heavy (non-hydrogen) atoms. The van der Waals surface area contributed by atoms with Crippen molar-refractivity contribution in [3.8, 4) is 0 Å². The second-order valence-corrected chi connectivity index (χ2v) is 8.53. The third-order valence-electron chi connectivity index (χ3n) is 7.06. The van der Waals surface area contributed by atoms with Crippen LogP contribution in [0, 0.1) is 0 Å². The van der Waals surface area contributed by atoms with Crippen LogP contribution < -0.4 is 4.90 Å². The molecule has 0 N–H and O–H groups in total. The molecule has 162 valence electrons. The van der Waals surface area contributed by atoms with Crippen LogP contribution in [0.4, 0.5) is 18.9 Å². The van der Waals surface area contributed by atoms with Crippen LogP contribution in [0.25, 0.3) is 10.8 Å². The van der Waals surface area contributed by atoms with Crippen LogP contribution in [-0.4, -0.2) is 49.6 Å². The second kappa shape index (κ2) is 7.88. The first-order valence-corrected chi connectivity index (χ1v) is 11.0. The zero-order valence-corrected chi connectivity index (χ0v) is 17.7. The maximum absolute atomic E-state index is 13.3. The van der Waals surface area contributed by atoms with E-state index in [4.69, 9.17) is 0 Å². The summed E-state index contributed by atoms with van der Waals surface area (Å²) in [6, 6.07) is 10.2. The molecule has 0 aromatic heterocycles. The summed E-state index contributed by atoms with van der Waals surface area (Å²) >= 11 is 0. The van der Waals surface area contributed by atoms with Gasteiger partial charge in [-0.05, 0) is 42.8 Å². The summed E-state index contributed by atoms with van der Waals surface area (Å²) in [6.45, 7) is 7.02. The minimum absolute atomic E-state index is 0.0607. The first-order chi connectivity index (χ1) is 14.3. The predicted octanol–water partition coefficient (Wildman–Crippen LogP) is 5.56. The fourth-order valence-electron chi connectivity index (χ4n) is 5.31. The van der Waals surface area contributed by atoms with Gasteiger partial charge in [0.25, 0.3) is 0 Å². The van der Waals surface area contributed by atoms with Crippen molar-refractivity contribution in [2.45, 2.75) is 51.1 Å². The van der Waals surface area contributed by atoms with Gasteiger partial charge in [-0.25, -0.2) is 0 Å². The number of hydrogen-bond acceptors (Lipinski definition) is 3. The zero-order chi connectivity index (χ0) is 21.5. The molecule has 0 spiro atoms. The van der Waals surface area contributed by atoms with Gasteiger partial charge in [0.2, 0.25) is 0 Å².